The average molecular weight is 208 g/mol. The quantitative estimate of drug-likeness (QED) is 0.547. The molecule has 0 aliphatic heterocycles. The van der Waals surface area contributed by atoms with Gasteiger partial charge in [-0.2, -0.15) is 0 Å². The van der Waals surface area contributed by atoms with Gasteiger partial charge in [0.15, 0.2) is 0 Å². The molecule has 0 spiro atoms. The number of nitro groups is 1. The summed E-state index contributed by atoms with van der Waals surface area (Å²) in [4.78, 5) is 23.0. The molecule has 0 saturated heterocycles. The molecule has 1 amide bonds. The third-order valence-electron chi connectivity index (χ3n) is 2.06. The van der Waals surface area contributed by atoms with Crippen LogP contribution in [0.1, 0.15) is 15.9 Å². The van der Waals surface area contributed by atoms with Crippen molar-refractivity contribution in [3.63, 3.8) is 0 Å². The number of rotatable bonds is 2. The van der Waals surface area contributed by atoms with Gasteiger partial charge in [0.25, 0.3) is 11.6 Å². The second-order valence-corrected chi connectivity index (χ2v) is 3.46. The second-order valence-electron chi connectivity index (χ2n) is 3.46. The molecule has 15 heavy (non-hydrogen) atoms. The molecule has 0 radical (unpaired) electrons. The fourth-order valence-corrected chi connectivity index (χ4v) is 1.24. The van der Waals surface area contributed by atoms with Crippen molar-refractivity contribution in [2.24, 2.45) is 0 Å². The first-order valence-corrected chi connectivity index (χ1v) is 4.40. The Bertz CT molecular complexity index is 413. The summed E-state index contributed by atoms with van der Waals surface area (Å²) in [5.74, 6) is -0.151. The van der Waals surface area contributed by atoms with Gasteiger partial charge in [-0.15, -0.1) is 0 Å². The zero-order valence-corrected chi connectivity index (χ0v) is 8.85. The van der Waals surface area contributed by atoms with Gasteiger partial charge in [-0.3, -0.25) is 14.9 Å². The van der Waals surface area contributed by atoms with Gasteiger partial charge in [-0.05, 0) is 18.6 Å². The van der Waals surface area contributed by atoms with Crippen molar-refractivity contribution in [2.45, 2.75) is 6.92 Å². The highest BCUT2D eigenvalue weighted by Crippen LogP contribution is 2.17. The summed E-state index contributed by atoms with van der Waals surface area (Å²) in [6, 6.07) is 4.22. The number of carbonyl (C=O) groups is 1. The van der Waals surface area contributed by atoms with E-state index < -0.39 is 4.92 Å². The van der Waals surface area contributed by atoms with Crippen molar-refractivity contribution >= 4 is 11.6 Å². The van der Waals surface area contributed by atoms with E-state index in [0.29, 0.717) is 11.1 Å². The van der Waals surface area contributed by atoms with Crippen molar-refractivity contribution in [1.29, 1.82) is 0 Å². The van der Waals surface area contributed by atoms with Crippen LogP contribution < -0.4 is 0 Å². The maximum atomic E-state index is 11.6. The van der Waals surface area contributed by atoms with Gasteiger partial charge in [0.05, 0.1) is 4.92 Å². The van der Waals surface area contributed by atoms with Crippen LogP contribution in [0.3, 0.4) is 0 Å². The van der Waals surface area contributed by atoms with Crippen LogP contribution in [0.5, 0.6) is 0 Å². The summed E-state index contributed by atoms with van der Waals surface area (Å²) >= 11 is 0. The standard InChI is InChI=1S/C10H12N2O3/c1-7-6-8(12(14)15)4-5-9(7)10(13)11(2)3/h4-6H,1-3H3. The zero-order chi connectivity index (χ0) is 11.6. The average Bonchev–Trinajstić information content (AvgIpc) is 2.16. The van der Waals surface area contributed by atoms with Gasteiger partial charge in [0, 0.05) is 31.8 Å². The lowest BCUT2D eigenvalue weighted by Gasteiger charge is -2.11. The van der Waals surface area contributed by atoms with E-state index in [1.54, 1.807) is 21.0 Å². The van der Waals surface area contributed by atoms with Gasteiger partial charge < -0.3 is 4.90 Å². The van der Waals surface area contributed by atoms with Gasteiger partial charge >= 0.3 is 0 Å². The summed E-state index contributed by atoms with van der Waals surface area (Å²) in [7, 11) is 3.28. The minimum atomic E-state index is -0.475. The molecular formula is C10H12N2O3. The van der Waals surface area contributed by atoms with Crippen molar-refractivity contribution < 1.29 is 9.72 Å². The molecule has 1 rings (SSSR count). The lowest BCUT2D eigenvalue weighted by Crippen LogP contribution is -2.22. The predicted octanol–water partition coefficient (Wildman–Crippen LogP) is 1.61. The van der Waals surface area contributed by atoms with Crippen LogP contribution in [-0.2, 0) is 0 Å². The molecule has 0 unspecified atom stereocenters. The molecule has 0 fully saturated rings. The Kier molecular flexibility index (Phi) is 3.04. The fourth-order valence-electron chi connectivity index (χ4n) is 1.24. The van der Waals surface area contributed by atoms with E-state index in [-0.39, 0.29) is 11.6 Å². The summed E-state index contributed by atoms with van der Waals surface area (Å²) in [6.45, 7) is 1.68. The number of amides is 1. The molecule has 80 valence electrons. The van der Waals surface area contributed by atoms with Gasteiger partial charge in [0.2, 0.25) is 0 Å². The van der Waals surface area contributed by atoms with Gasteiger partial charge in [-0.1, -0.05) is 0 Å². The number of hydrogen-bond donors (Lipinski definition) is 0. The van der Waals surface area contributed by atoms with Crippen LogP contribution in [0.25, 0.3) is 0 Å². The highest BCUT2D eigenvalue weighted by atomic mass is 16.6. The number of carbonyl (C=O) groups excluding carboxylic acids is 1. The third kappa shape index (κ3) is 2.31. The van der Waals surface area contributed by atoms with Crippen molar-refractivity contribution in [3.8, 4) is 0 Å². The Morgan fingerprint density at radius 2 is 2.00 bits per heavy atom. The molecule has 0 aliphatic rings. The minimum absolute atomic E-state index is 0.00260. The molecular weight excluding hydrogens is 196 g/mol. The molecule has 0 saturated carbocycles. The van der Waals surface area contributed by atoms with Gasteiger partial charge in [0.1, 0.15) is 0 Å². The van der Waals surface area contributed by atoms with Crippen molar-refractivity contribution in [2.75, 3.05) is 14.1 Å². The molecule has 0 N–H and O–H groups in total. The van der Waals surface area contributed by atoms with Gasteiger partial charge in [-0.25, -0.2) is 0 Å². The van der Waals surface area contributed by atoms with Crippen LogP contribution >= 0.6 is 0 Å². The summed E-state index contributed by atoms with van der Waals surface area (Å²) in [6.07, 6.45) is 0. The number of non-ortho nitro benzene ring substituents is 1. The molecule has 5 heteroatoms. The summed E-state index contributed by atoms with van der Waals surface area (Å²) in [5, 5.41) is 10.5. The Morgan fingerprint density at radius 3 is 2.40 bits per heavy atom. The normalized spacial score (nSPS) is 9.80. The van der Waals surface area contributed by atoms with E-state index in [1.807, 2.05) is 0 Å². The van der Waals surface area contributed by atoms with E-state index in [4.69, 9.17) is 0 Å². The van der Waals surface area contributed by atoms with Crippen LogP contribution in [0.2, 0.25) is 0 Å². The van der Waals surface area contributed by atoms with E-state index in [2.05, 4.69) is 0 Å². The zero-order valence-electron chi connectivity index (χ0n) is 8.85. The lowest BCUT2D eigenvalue weighted by atomic mass is 10.1. The van der Waals surface area contributed by atoms with E-state index in [9.17, 15) is 14.9 Å². The molecule has 0 aliphatic carbocycles. The summed E-state index contributed by atoms with van der Waals surface area (Å²) in [5.41, 5.74) is 1.11. The van der Waals surface area contributed by atoms with Crippen LogP contribution in [0.4, 0.5) is 5.69 Å². The van der Waals surface area contributed by atoms with E-state index in [1.165, 1.54) is 23.1 Å². The topological polar surface area (TPSA) is 63.5 Å². The molecule has 1 aromatic carbocycles. The molecule has 1 aromatic rings. The molecule has 0 heterocycles. The SMILES string of the molecule is Cc1cc([N+](=O)[O-])ccc1C(=O)N(C)C. The Labute approximate surface area is 87.5 Å². The fraction of sp³-hybridized carbons (Fsp3) is 0.300. The third-order valence-corrected chi connectivity index (χ3v) is 2.06. The number of nitrogens with zero attached hydrogens (tertiary/aromatic N) is 2. The van der Waals surface area contributed by atoms with E-state index in [0.717, 1.165) is 0 Å². The maximum absolute atomic E-state index is 11.6. The monoisotopic (exact) mass is 208 g/mol. The van der Waals surface area contributed by atoms with Crippen LogP contribution in [-0.4, -0.2) is 29.8 Å². The minimum Gasteiger partial charge on any atom is -0.345 e. The van der Waals surface area contributed by atoms with Crippen LogP contribution in [0, 0.1) is 17.0 Å². The van der Waals surface area contributed by atoms with Crippen molar-refractivity contribution in [1.82, 2.24) is 4.90 Å². The Balaban J connectivity index is 3.14. The highest BCUT2D eigenvalue weighted by Gasteiger charge is 2.14. The van der Waals surface area contributed by atoms with Crippen molar-refractivity contribution in [3.05, 3.63) is 39.4 Å². The molecule has 5 nitrogen and oxygen atoms in total. The molecule has 0 atom stereocenters. The number of aryl methyl sites for hydroxylation is 1. The smallest absolute Gasteiger partial charge is 0.269 e. The maximum Gasteiger partial charge on any atom is 0.269 e. The largest absolute Gasteiger partial charge is 0.345 e. The van der Waals surface area contributed by atoms with Crippen LogP contribution in [0.15, 0.2) is 18.2 Å². The second kappa shape index (κ2) is 4.08. The predicted molar refractivity (Wildman–Crippen MR) is 55.9 cm³/mol. The first-order chi connectivity index (χ1) is 6.93. The highest BCUT2D eigenvalue weighted by molar-refractivity contribution is 5.95. The van der Waals surface area contributed by atoms with E-state index >= 15 is 0 Å². The number of nitro benzene ring substituents is 1. The first kappa shape index (κ1) is 11.2. The molecule has 0 aromatic heterocycles. The summed E-state index contributed by atoms with van der Waals surface area (Å²) < 4.78 is 0. The number of hydrogen-bond acceptors (Lipinski definition) is 3. The lowest BCUT2D eigenvalue weighted by molar-refractivity contribution is -0.384. The Morgan fingerprint density at radius 1 is 1.40 bits per heavy atom. The Hall–Kier alpha value is -1.91. The number of benzene rings is 1. The molecule has 0 bridgehead atoms. The first-order valence-electron chi connectivity index (χ1n) is 4.40.